The van der Waals surface area contributed by atoms with Crippen molar-refractivity contribution in [2.24, 2.45) is 0 Å². The average Bonchev–Trinajstić information content (AvgIpc) is 2.66. The lowest BCUT2D eigenvalue weighted by molar-refractivity contribution is -0.139. The first-order valence-corrected chi connectivity index (χ1v) is 9.41. The summed E-state index contributed by atoms with van der Waals surface area (Å²) >= 11 is 12.6. The van der Waals surface area contributed by atoms with Crippen LogP contribution in [0.3, 0.4) is 0 Å². The van der Waals surface area contributed by atoms with E-state index in [0.29, 0.717) is 33.2 Å². The largest absolute Gasteiger partial charge is 0.507 e. The van der Waals surface area contributed by atoms with Crippen LogP contribution in [-0.2, 0) is 11.2 Å². The van der Waals surface area contributed by atoms with Gasteiger partial charge in [-0.1, -0.05) is 40.9 Å². The molecule has 0 aromatic heterocycles. The Balaban J connectivity index is 1.93. The van der Waals surface area contributed by atoms with Gasteiger partial charge in [-0.2, -0.15) is 0 Å². The standard InChI is InChI=1S/C22H17Cl2FO4/c1-12-2-4-20(25)15(6-12)16-7-13(3-5-21(16)26)8-17-18(23)9-14(10-19(17)24)29-11-22(27)28/h2-7,9-10,26H,8,11H2,1H3,(H,27,28). The number of phenols is 1. The molecule has 3 aromatic carbocycles. The highest BCUT2D eigenvalue weighted by Gasteiger charge is 2.14. The zero-order valence-corrected chi connectivity index (χ0v) is 16.9. The van der Waals surface area contributed by atoms with Crippen molar-refractivity contribution in [3.63, 3.8) is 0 Å². The molecule has 0 spiro atoms. The number of carbonyl (C=O) groups is 1. The van der Waals surface area contributed by atoms with Gasteiger partial charge in [0.05, 0.1) is 0 Å². The Hall–Kier alpha value is -2.76. The van der Waals surface area contributed by atoms with Crippen molar-refractivity contribution in [3.8, 4) is 22.6 Å². The van der Waals surface area contributed by atoms with Crippen LogP contribution in [-0.4, -0.2) is 22.8 Å². The van der Waals surface area contributed by atoms with Gasteiger partial charge in [0, 0.05) is 27.6 Å². The minimum atomic E-state index is -1.11. The molecule has 3 aromatic rings. The molecule has 3 rings (SSSR count). The summed E-state index contributed by atoms with van der Waals surface area (Å²) in [6.45, 7) is 1.34. The summed E-state index contributed by atoms with van der Waals surface area (Å²) in [6, 6.07) is 12.6. The maximum atomic E-state index is 14.3. The molecule has 0 heterocycles. The number of aromatic hydroxyl groups is 1. The highest BCUT2D eigenvalue weighted by atomic mass is 35.5. The van der Waals surface area contributed by atoms with E-state index >= 15 is 0 Å². The third-order valence-corrected chi connectivity index (χ3v) is 5.01. The molecule has 0 aliphatic carbocycles. The molecule has 29 heavy (non-hydrogen) atoms. The number of rotatable bonds is 6. The number of hydrogen-bond donors (Lipinski definition) is 2. The normalized spacial score (nSPS) is 10.8. The topological polar surface area (TPSA) is 66.8 Å². The Kier molecular flexibility index (Phi) is 6.30. The lowest BCUT2D eigenvalue weighted by Crippen LogP contribution is -2.09. The number of aryl methyl sites for hydroxylation is 1. The summed E-state index contributed by atoms with van der Waals surface area (Å²) in [4.78, 5) is 10.6. The summed E-state index contributed by atoms with van der Waals surface area (Å²) in [7, 11) is 0. The van der Waals surface area contributed by atoms with E-state index in [4.69, 9.17) is 33.0 Å². The maximum absolute atomic E-state index is 14.3. The van der Waals surface area contributed by atoms with Gasteiger partial charge < -0.3 is 14.9 Å². The van der Waals surface area contributed by atoms with Crippen LogP contribution >= 0.6 is 23.2 Å². The van der Waals surface area contributed by atoms with Gasteiger partial charge >= 0.3 is 5.97 Å². The predicted octanol–water partition coefficient (Wildman–Crippen LogP) is 5.87. The van der Waals surface area contributed by atoms with E-state index in [1.807, 2.05) is 6.92 Å². The molecule has 4 nitrogen and oxygen atoms in total. The van der Waals surface area contributed by atoms with Gasteiger partial charge in [-0.05, 0) is 54.4 Å². The summed E-state index contributed by atoms with van der Waals surface area (Å²) in [5, 5.41) is 19.6. The SMILES string of the molecule is Cc1ccc(F)c(-c2cc(Cc3c(Cl)cc(OCC(=O)O)cc3Cl)ccc2O)c1. The molecule has 0 aliphatic rings. The molecule has 0 unspecified atom stereocenters. The van der Waals surface area contributed by atoms with Crippen LogP contribution < -0.4 is 4.74 Å². The van der Waals surface area contributed by atoms with Crippen molar-refractivity contribution in [3.05, 3.63) is 81.1 Å². The van der Waals surface area contributed by atoms with Crippen molar-refractivity contribution in [1.29, 1.82) is 0 Å². The van der Waals surface area contributed by atoms with Gasteiger partial charge in [-0.3, -0.25) is 0 Å². The number of aliphatic carboxylic acids is 1. The van der Waals surface area contributed by atoms with E-state index in [-0.39, 0.29) is 11.5 Å². The number of benzene rings is 3. The Morgan fingerprint density at radius 2 is 1.72 bits per heavy atom. The lowest BCUT2D eigenvalue weighted by atomic mass is 9.97. The van der Waals surface area contributed by atoms with Crippen LogP contribution in [0.5, 0.6) is 11.5 Å². The van der Waals surface area contributed by atoms with Crippen LogP contribution in [0.15, 0.2) is 48.5 Å². The quantitative estimate of drug-likeness (QED) is 0.509. The van der Waals surface area contributed by atoms with E-state index in [0.717, 1.165) is 11.1 Å². The van der Waals surface area contributed by atoms with Crippen LogP contribution in [0.2, 0.25) is 10.0 Å². The van der Waals surface area contributed by atoms with Gasteiger partial charge in [0.25, 0.3) is 0 Å². The molecule has 0 amide bonds. The summed E-state index contributed by atoms with van der Waals surface area (Å²) in [5.41, 5.74) is 2.92. The number of ether oxygens (including phenoxy) is 1. The minimum Gasteiger partial charge on any atom is -0.507 e. The molecule has 0 radical (unpaired) electrons. The molecule has 0 aliphatic heterocycles. The van der Waals surface area contributed by atoms with E-state index in [1.54, 1.807) is 24.3 Å². The second kappa shape index (κ2) is 8.72. The van der Waals surface area contributed by atoms with E-state index in [1.165, 1.54) is 24.3 Å². The number of carboxylic acid groups (broad SMARTS) is 1. The second-order valence-electron chi connectivity index (χ2n) is 6.56. The van der Waals surface area contributed by atoms with Crippen LogP contribution in [0.4, 0.5) is 4.39 Å². The maximum Gasteiger partial charge on any atom is 0.341 e. The third kappa shape index (κ3) is 5.00. The van der Waals surface area contributed by atoms with Gasteiger partial charge in [0.1, 0.15) is 17.3 Å². The lowest BCUT2D eigenvalue weighted by Gasteiger charge is -2.13. The van der Waals surface area contributed by atoms with Crippen molar-refractivity contribution in [2.45, 2.75) is 13.3 Å². The Labute approximate surface area is 177 Å². The molecular formula is C22H17Cl2FO4. The zero-order valence-electron chi connectivity index (χ0n) is 15.4. The highest BCUT2D eigenvalue weighted by molar-refractivity contribution is 6.36. The molecule has 150 valence electrons. The fraction of sp³-hybridized carbons (Fsp3) is 0.136. The van der Waals surface area contributed by atoms with Crippen LogP contribution in [0.1, 0.15) is 16.7 Å². The smallest absolute Gasteiger partial charge is 0.341 e. The molecule has 0 bridgehead atoms. The van der Waals surface area contributed by atoms with Gasteiger partial charge in [-0.25, -0.2) is 9.18 Å². The first-order valence-electron chi connectivity index (χ1n) is 8.65. The van der Waals surface area contributed by atoms with E-state index in [9.17, 15) is 14.3 Å². The molecule has 0 saturated heterocycles. The number of halogens is 3. The number of carboxylic acids is 1. The fourth-order valence-corrected chi connectivity index (χ4v) is 3.54. The van der Waals surface area contributed by atoms with Gasteiger partial charge in [0.15, 0.2) is 6.61 Å². The Morgan fingerprint density at radius 3 is 2.38 bits per heavy atom. The summed E-state index contributed by atoms with van der Waals surface area (Å²) < 4.78 is 19.4. The monoisotopic (exact) mass is 434 g/mol. The highest BCUT2D eigenvalue weighted by Crippen LogP contribution is 2.36. The van der Waals surface area contributed by atoms with Crippen molar-refractivity contribution >= 4 is 29.2 Å². The Morgan fingerprint density at radius 1 is 1.03 bits per heavy atom. The van der Waals surface area contributed by atoms with Crippen molar-refractivity contribution in [1.82, 2.24) is 0 Å². The second-order valence-corrected chi connectivity index (χ2v) is 7.37. The van der Waals surface area contributed by atoms with Gasteiger partial charge in [0.2, 0.25) is 0 Å². The third-order valence-electron chi connectivity index (χ3n) is 4.33. The van der Waals surface area contributed by atoms with Gasteiger partial charge in [-0.15, -0.1) is 0 Å². The van der Waals surface area contributed by atoms with Crippen molar-refractivity contribution < 1.29 is 24.1 Å². The molecular weight excluding hydrogens is 418 g/mol. The van der Waals surface area contributed by atoms with Crippen molar-refractivity contribution in [2.75, 3.05) is 6.61 Å². The number of phenolic OH excluding ortho intramolecular Hbond substituents is 1. The fourth-order valence-electron chi connectivity index (χ4n) is 2.94. The number of hydrogen-bond acceptors (Lipinski definition) is 3. The van der Waals surface area contributed by atoms with Crippen LogP contribution in [0, 0.1) is 12.7 Å². The van der Waals surface area contributed by atoms with E-state index in [2.05, 4.69) is 0 Å². The average molecular weight is 435 g/mol. The predicted molar refractivity (Wildman–Crippen MR) is 111 cm³/mol. The molecule has 2 N–H and O–H groups in total. The summed E-state index contributed by atoms with van der Waals surface area (Å²) in [6.07, 6.45) is 0.331. The first-order chi connectivity index (χ1) is 13.7. The summed E-state index contributed by atoms with van der Waals surface area (Å²) in [5.74, 6) is -1.33. The zero-order chi connectivity index (χ0) is 21.1. The minimum absolute atomic E-state index is 0.0344. The first kappa shape index (κ1) is 21.0. The molecule has 0 saturated carbocycles. The van der Waals surface area contributed by atoms with E-state index < -0.39 is 18.4 Å². The Bertz CT molecular complexity index is 1060. The molecule has 7 heteroatoms. The molecule has 0 atom stereocenters. The van der Waals surface area contributed by atoms with Crippen LogP contribution in [0.25, 0.3) is 11.1 Å². The molecule has 0 fully saturated rings.